The number of nitrogens with one attached hydrogen (secondary N) is 2. The molecule has 3 aromatic rings. The third-order valence-electron chi connectivity index (χ3n) is 5.38. The van der Waals surface area contributed by atoms with Crippen molar-refractivity contribution in [3.05, 3.63) is 65.8 Å². The molecule has 1 fully saturated rings. The number of ether oxygens (including phenoxy) is 1. The zero-order valence-electron chi connectivity index (χ0n) is 20.4. The molecule has 12 heteroatoms. The normalized spacial score (nSPS) is 16.4. The van der Waals surface area contributed by atoms with Crippen molar-refractivity contribution in [1.29, 1.82) is 0 Å². The van der Waals surface area contributed by atoms with E-state index in [2.05, 4.69) is 20.6 Å². The van der Waals surface area contributed by atoms with Crippen LogP contribution < -0.4 is 10.6 Å². The number of carbonyl (C=O) groups is 2. The summed E-state index contributed by atoms with van der Waals surface area (Å²) in [5, 5.41) is 5.59. The number of nitrogens with zero attached hydrogens (tertiary/aromatic N) is 3. The van der Waals surface area contributed by atoms with Crippen molar-refractivity contribution < 1.29 is 31.9 Å². The van der Waals surface area contributed by atoms with E-state index in [9.17, 15) is 22.8 Å². The monoisotopic (exact) mass is 517 g/mol. The highest BCUT2D eigenvalue weighted by molar-refractivity contribution is 6.03. The highest BCUT2D eigenvalue weighted by atomic mass is 19.4. The van der Waals surface area contributed by atoms with Gasteiger partial charge in [0.1, 0.15) is 5.60 Å². The molecule has 1 saturated heterocycles. The van der Waals surface area contributed by atoms with Crippen LogP contribution in [0, 0.1) is 0 Å². The van der Waals surface area contributed by atoms with Crippen molar-refractivity contribution in [2.45, 2.75) is 38.6 Å². The number of benzene rings is 1. The number of carbonyl (C=O) groups excluding carboxylic acids is 2. The lowest BCUT2D eigenvalue weighted by molar-refractivity contribution is -0.153. The molecule has 2 amide bonds. The Morgan fingerprint density at radius 3 is 2.49 bits per heavy atom. The number of anilines is 1. The largest absolute Gasteiger partial charge is 0.452 e. The summed E-state index contributed by atoms with van der Waals surface area (Å²) in [4.78, 5) is 35.1. The summed E-state index contributed by atoms with van der Waals surface area (Å²) in [6.45, 7) is 6.77. The third kappa shape index (κ3) is 6.26. The van der Waals surface area contributed by atoms with Gasteiger partial charge in [-0.3, -0.25) is 14.7 Å². The van der Waals surface area contributed by atoms with Gasteiger partial charge in [0.15, 0.2) is 5.69 Å². The molecule has 0 spiro atoms. The van der Waals surface area contributed by atoms with Gasteiger partial charge in [-0.2, -0.15) is 13.2 Å². The predicted octanol–water partition coefficient (Wildman–Crippen LogP) is 4.89. The number of aromatic nitrogens is 2. The average Bonchev–Trinajstić information content (AvgIpc) is 3.31. The molecule has 0 saturated carbocycles. The fourth-order valence-corrected chi connectivity index (χ4v) is 3.74. The molecule has 1 aliphatic heterocycles. The number of alkyl halides is 3. The summed E-state index contributed by atoms with van der Waals surface area (Å²) in [5.41, 5.74) is -0.569. The van der Waals surface area contributed by atoms with Gasteiger partial charge in [-0.15, -0.1) is 0 Å². The molecule has 37 heavy (non-hydrogen) atoms. The van der Waals surface area contributed by atoms with Gasteiger partial charge in [-0.1, -0.05) is 18.2 Å². The minimum atomic E-state index is -4.92. The van der Waals surface area contributed by atoms with E-state index in [4.69, 9.17) is 9.15 Å². The molecule has 9 nitrogen and oxygen atoms in total. The Labute approximate surface area is 211 Å². The standard InChI is InChI=1S/C25H26F3N5O4/c1-24(2,3)37-23(35)33-12-11-29-14-18(33)17-10-9-16(13-30-17)31-21(34)19-20(25(26,27)28)36-22(32-19)15-7-5-4-6-8-15/h4-10,13,18,29H,11-12,14H2,1-3H3,(H,31,34). The Balaban J connectivity index is 1.53. The van der Waals surface area contributed by atoms with E-state index in [-0.39, 0.29) is 11.6 Å². The molecule has 2 N–H and O–H groups in total. The van der Waals surface area contributed by atoms with Gasteiger partial charge in [0.05, 0.1) is 23.6 Å². The number of amides is 2. The molecule has 0 bridgehead atoms. The van der Waals surface area contributed by atoms with E-state index < -0.39 is 41.3 Å². The Morgan fingerprint density at radius 1 is 1.14 bits per heavy atom. The van der Waals surface area contributed by atoms with Gasteiger partial charge in [-0.05, 0) is 45.0 Å². The van der Waals surface area contributed by atoms with Crippen molar-refractivity contribution in [2.24, 2.45) is 0 Å². The van der Waals surface area contributed by atoms with Crippen LogP contribution in [-0.2, 0) is 10.9 Å². The number of halogens is 3. The molecule has 3 heterocycles. The summed E-state index contributed by atoms with van der Waals surface area (Å²) in [6.07, 6.45) is -4.09. The van der Waals surface area contributed by atoms with Gasteiger partial charge in [-0.25, -0.2) is 9.78 Å². The first kappa shape index (κ1) is 26.1. The molecule has 0 radical (unpaired) electrons. The van der Waals surface area contributed by atoms with E-state index in [1.54, 1.807) is 49.9 Å². The highest BCUT2D eigenvalue weighted by Crippen LogP contribution is 2.35. The third-order valence-corrected chi connectivity index (χ3v) is 5.38. The minimum absolute atomic E-state index is 0.152. The summed E-state index contributed by atoms with van der Waals surface area (Å²) in [7, 11) is 0. The van der Waals surface area contributed by atoms with Crippen molar-refractivity contribution in [3.8, 4) is 11.5 Å². The Morgan fingerprint density at radius 2 is 1.86 bits per heavy atom. The van der Waals surface area contributed by atoms with Crippen LogP contribution in [0.25, 0.3) is 11.5 Å². The Bertz CT molecular complexity index is 1250. The number of rotatable bonds is 4. The number of oxazole rings is 1. The van der Waals surface area contributed by atoms with Gasteiger partial charge in [0.2, 0.25) is 11.7 Å². The van der Waals surface area contributed by atoms with Crippen LogP contribution in [0.3, 0.4) is 0 Å². The van der Waals surface area contributed by atoms with Crippen molar-refractivity contribution in [1.82, 2.24) is 20.2 Å². The lowest BCUT2D eigenvalue weighted by Gasteiger charge is -2.36. The summed E-state index contributed by atoms with van der Waals surface area (Å²) in [6, 6.07) is 10.6. The maximum atomic E-state index is 13.6. The Hall–Kier alpha value is -3.93. The zero-order valence-corrected chi connectivity index (χ0v) is 20.4. The lowest BCUT2D eigenvalue weighted by atomic mass is 10.1. The lowest BCUT2D eigenvalue weighted by Crippen LogP contribution is -2.50. The topological polar surface area (TPSA) is 110 Å². The van der Waals surface area contributed by atoms with Crippen molar-refractivity contribution >= 4 is 17.7 Å². The zero-order chi connectivity index (χ0) is 26.8. The molecule has 196 valence electrons. The fraction of sp³-hybridized carbons (Fsp3) is 0.360. The SMILES string of the molecule is CC(C)(C)OC(=O)N1CCNCC1c1ccc(NC(=O)c2nc(-c3ccccc3)oc2C(F)(F)F)cn1. The van der Waals surface area contributed by atoms with Crippen LogP contribution in [-0.4, -0.2) is 52.1 Å². The molecular weight excluding hydrogens is 491 g/mol. The first-order valence-corrected chi connectivity index (χ1v) is 11.5. The molecule has 1 aliphatic rings. The molecule has 2 aromatic heterocycles. The van der Waals surface area contributed by atoms with E-state index in [1.165, 1.54) is 24.4 Å². The van der Waals surface area contributed by atoms with E-state index in [1.807, 2.05) is 0 Å². The van der Waals surface area contributed by atoms with Gasteiger partial charge < -0.3 is 19.8 Å². The van der Waals surface area contributed by atoms with Gasteiger partial charge >= 0.3 is 12.3 Å². The maximum Gasteiger partial charge on any atom is 0.452 e. The molecule has 1 atom stereocenters. The second kappa shape index (κ2) is 10.2. The average molecular weight is 518 g/mol. The smallest absolute Gasteiger partial charge is 0.444 e. The van der Waals surface area contributed by atoms with Crippen LogP contribution in [0.15, 0.2) is 53.1 Å². The number of hydrogen-bond acceptors (Lipinski definition) is 7. The molecule has 1 unspecified atom stereocenters. The van der Waals surface area contributed by atoms with Crippen molar-refractivity contribution in [3.63, 3.8) is 0 Å². The van der Waals surface area contributed by atoms with Gasteiger partial charge in [0.25, 0.3) is 5.91 Å². The first-order valence-electron chi connectivity index (χ1n) is 11.5. The van der Waals surface area contributed by atoms with E-state index in [0.29, 0.717) is 30.9 Å². The summed E-state index contributed by atoms with van der Waals surface area (Å²) in [5.74, 6) is -2.91. The van der Waals surface area contributed by atoms with Gasteiger partial charge in [0, 0.05) is 25.2 Å². The molecule has 4 rings (SSSR count). The molecular formula is C25H26F3N5O4. The number of pyridine rings is 1. The summed E-state index contributed by atoms with van der Waals surface area (Å²) < 4.78 is 51.1. The first-order chi connectivity index (χ1) is 17.4. The maximum absolute atomic E-state index is 13.6. The Kier molecular flexibility index (Phi) is 7.21. The quantitative estimate of drug-likeness (QED) is 0.507. The number of piperazine rings is 1. The van der Waals surface area contributed by atoms with Crippen LogP contribution in [0.4, 0.5) is 23.7 Å². The second-order valence-corrected chi connectivity index (χ2v) is 9.38. The summed E-state index contributed by atoms with van der Waals surface area (Å²) >= 11 is 0. The van der Waals surface area contributed by atoms with Crippen LogP contribution in [0.1, 0.15) is 48.8 Å². The van der Waals surface area contributed by atoms with E-state index >= 15 is 0 Å². The molecule has 1 aromatic carbocycles. The second-order valence-electron chi connectivity index (χ2n) is 9.38. The van der Waals surface area contributed by atoms with Crippen LogP contribution in [0.2, 0.25) is 0 Å². The highest BCUT2D eigenvalue weighted by Gasteiger charge is 2.42. The van der Waals surface area contributed by atoms with Crippen molar-refractivity contribution in [2.75, 3.05) is 25.0 Å². The van der Waals surface area contributed by atoms with Crippen LogP contribution >= 0.6 is 0 Å². The molecule has 0 aliphatic carbocycles. The van der Waals surface area contributed by atoms with Crippen LogP contribution in [0.5, 0.6) is 0 Å². The number of hydrogen-bond donors (Lipinski definition) is 2. The van der Waals surface area contributed by atoms with E-state index in [0.717, 1.165) is 0 Å². The fourth-order valence-electron chi connectivity index (χ4n) is 3.74. The minimum Gasteiger partial charge on any atom is -0.444 e. The predicted molar refractivity (Wildman–Crippen MR) is 128 cm³/mol.